The summed E-state index contributed by atoms with van der Waals surface area (Å²) >= 11 is 0. The zero-order valence-electron chi connectivity index (χ0n) is 29.6. The fraction of sp³-hybridized carbons (Fsp3) is 0.692. The lowest BCUT2D eigenvalue weighted by Gasteiger charge is -2.39. The molecule has 39 heavy (non-hydrogen) atoms. The molecule has 0 saturated heterocycles. The fourth-order valence-corrected chi connectivity index (χ4v) is 6.40. The van der Waals surface area contributed by atoms with E-state index in [2.05, 4.69) is 156 Å². The van der Waals surface area contributed by atoms with Crippen molar-refractivity contribution in [3.8, 4) is 0 Å². The fourth-order valence-electron chi connectivity index (χ4n) is 6.40. The van der Waals surface area contributed by atoms with E-state index in [0.29, 0.717) is 5.92 Å². The normalized spacial score (nSPS) is 15.1. The molecule has 0 saturated carbocycles. The van der Waals surface area contributed by atoms with Crippen molar-refractivity contribution in [1.82, 2.24) is 0 Å². The molecule has 1 atom stereocenters. The summed E-state index contributed by atoms with van der Waals surface area (Å²) in [6.07, 6.45) is 1.06. The van der Waals surface area contributed by atoms with Crippen molar-refractivity contribution in [2.45, 2.75) is 176 Å². The Morgan fingerprint density at radius 3 is 1.15 bits per heavy atom. The highest BCUT2D eigenvalue weighted by atomic mass is 14.4. The largest absolute Gasteiger partial charge is 0.0581 e. The third-order valence-corrected chi connectivity index (χ3v) is 8.30. The first-order chi connectivity index (χ1) is 17.1. The molecule has 0 aliphatic carbocycles. The topological polar surface area (TPSA) is 0 Å². The van der Waals surface area contributed by atoms with Crippen molar-refractivity contribution >= 4 is 0 Å². The average Bonchev–Trinajstić information content (AvgIpc) is 2.68. The van der Waals surface area contributed by atoms with Crippen LogP contribution in [0.2, 0.25) is 0 Å². The molecule has 0 N–H and O–H groups in total. The van der Waals surface area contributed by atoms with Crippen molar-refractivity contribution in [2.24, 2.45) is 0 Å². The van der Waals surface area contributed by atoms with E-state index >= 15 is 0 Å². The van der Waals surface area contributed by atoms with Gasteiger partial charge in [-0.05, 0) is 89.3 Å². The van der Waals surface area contributed by atoms with Crippen molar-refractivity contribution in [3.05, 3.63) is 68.8 Å². The van der Waals surface area contributed by atoms with Gasteiger partial charge in [0, 0.05) is 0 Å². The van der Waals surface area contributed by atoms with Gasteiger partial charge in [0.1, 0.15) is 0 Å². The van der Waals surface area contributed by atoms with E-state index in [1.54, 1.807) is 11.1 Å². The lowest BCUT2D eigenvalue weighted by atomic mass is 9.66. The van der Waals surface area contributed by atoms with Crippen LogP contribution in [0, 0.1) is 0 Å². The van der Waals surface area contributed by atoms with Crippen LogP contribution >= 0.6 is 0 Å². The maximum absolute atomic E-state index is 2.60. The summed E-state index contributed by atoms with van der Waals surface area (Å²) in [5.74, 6) is 0.408. The van der Waals surface area contributed by atoms with E-state index in [9.17, 15) is 0 Å². The average molecular weight is 533 g/mol. The third kappa shape index (κ3) is 7.59. The molecule has 0 spiro atoms. The van der Waals surface area contributed by atoms with Crippen LogP contribution in [0.4, 0.5) is 0 Å². The minimum absolute atomic E-state index is 0.0625. The first kappa shape index (κ1) is 33.6. The number of hydrogen-bond acceptors (Lipinski definition) is 0. The molecular weight excluding hydrogens is 468 g/mol. The molecule has 0 heterocycles. The van der Waals surface area contributed by atoms with Gasteiger partial charge in [-0.15, -0.1) is 0 Å². The smallest absolute Gasteiger partial charge is 0.0126 e. The van der Waals surface area contributed by atoms with Crippen LogP contribution in [-0.2, 0) is 38.9 Å². The van der Waals surface area contributed by atoms with E-state index < -0.39 is 0 Å². The molecule has 2 aromatic carbocycles. The van der Waals surface area contributed by atoms with Crippen LogP contribution < -0.4 is 0 Å². The molecule has 0 fully saturated rings. The summed E-state index contributed by atoms with van der Waals surface area (Å²) in [5, 5.41) is 0. The molecule has 0 aliphatic rings. The molecule has 2 rings (SSSR count). The van der Waals surface area contributed by atoms with Crippen LogP contribution in [0.3, 0.4) is 0 Å². The first-order valence-corrected chi connectivity index (χ1v) is 15.4. The molecule has 1 unspecified atom stereocenters. The molecule has 0 amide bonds. The van der Waals surface area contributed by atoms with Crippen LogP contribution in [0.5, 0.6) is 0 Å². The quantitative estimate of drug-likeness (QED) is 0.369. The zero-order chi connectivity index (χ0) is 30.7. The highest BCUT2D eigenvalue weighted by molar-refractivity contribution is 5.53. The van der Waals surface area contributed by atoms with Gasteiger partial charge in [-0.1, -0.05) is 156 Å². The molecule has 0 bridgehead atoms. The lowest BCUT2D eigenvalue weighted by Crippen LogP contribution is -2.29. The predicted octanol–water partition coefficient (Wildman–Crippen LogP) is 11.8. The molecule has 220 valence electrons. The van der Waals surface area contributed by atoms with Gasteiger partial charge in [-0.2, -0.15) is 0 Å². The van der Waals surface area contributed by atoms with Gasteiger partial charge in [-0.3, -0.25) is 0 Å². The highest BCUT2D eigenvalue weighted by Gasteiger charge is 2.35. The van der Waals surface area contributed by atoms with Gasteiger partial charge in [0.2, 0.25) is 0 Å². The van der Waals surface area contributed by atoms with Crippen molar-refractivity contribution in [3.63, 3.8) is 0 Å². The van der Waals surface area contributed by atoms with Gasteiger partial charge >= 0.3 is 0 Å². The second-order valence-electron chi connectivity index (χ2n) is 18.6. The molecule has 0 radical (unpaired) electrons. The number of benzene rings is 2. The minimum Gasteiger partial charge on any atom is -0.0581 e. The lowest BCUT2D eigenvalue weighted by molar-refractivity contribution is 0.502. The predicted molar refractivity (Wildman–Crippen MR) is 177 cm³/mol. The van der Waals surface area contributed by atoms with E-state index in [0.717, 1.165) is 6.42 Å². The first-order valence-electron chi connectivity index (χ1n) is 15.4. The van der Waals surface area contributed by atoms with Gasteiger partial charge in [-0.25, -0.2) is 0 Å². The van der Waals surface area contributed by atoms with Gasteiger partial charge < -0.3 is 0 Å². The van der Waals surface area contributed by atoms with Crippen LogP contribution in [0.25, 0.3) is 0 Å². The molecular formula is C39H64. The number of hydrogen-bond donors (Lipinski definition) is 0. The minimum atomic E-state index is 0.0625. The van der Waals surface area contributed by atoms with Crippen molar-refractivity contribution < 1.29 is 0 Å². The molecule has 0 nitrogen and oxygen atoms in total. The summed E-state index contributed by atoms with van der Waals surface area (Å²) in [7, 11) is 0. The summed E-state index contributed by atoms with van der Waals surface area (Å²) in [6, 6.07) is 10.1. The molecule has 0 aliphatic heterocycles. The van der Waals surface area contributed by atoms with Crippen LogP contribution in [0.15, 0.2) is 24.3 Å². The Labute approximate surface area is 244 Å². The molecule has 2 aromatic rings. The Kier molecular flexibility index (Phi) is 8.94. The van der Waals surface area contributed by atoms with E-state index in [4.69, 9.17) is 0 Å². The highest BCUT2D eigenvalue weighted by Crippen LogP contribution is 2.46. The molecule has 0 heteroatoms. The van der Waals surface area contributed by atoms with Crippen LogP contribution in [-0.4, -0.2) is 0 Å². The maximum Gasteiger partial charge on any atom is -0.0126 e. The van der Waals surface area contributed by atoms with Crippen LogP contribution in [0.1, 0.15) is 182 Å². The Morgan fingerprint density at radius 2 is 0.795 bits per heavy atom. The van der Waals surface area contributed by atoms with Gasteiger partial charge in [0.15, 0.2) is 0 Å². The summed E-state index contributed by atoms with van der Waals surface area (Å²) in [5.41, 5.74) is 12.7. The summed E-state index contributed by atoms with van der Waals surface area (Å²) in [6.45, 7) is 45.4. The van der Waals surface area contributed by atoms with Crippen molar-refractivity contribution in [1.29, 1.82) is 0 Å². The molecule has 0 aromatic heterocycles. The monoisotopic (exact) mass is 533 g/mol. The van der Waals surface area contributed by atoms with Gasteiger partial charge in [0.25, 0.3) is 0 Å². The maximum atomic E-state index is 2.60. The standard InChI is InChI=1S/C39H64/c1-25(32-27(34(2,3)4)20-21-28(35(5,6)7)33(32)39(17,18)19)22-26-23-30(37(11,12)13)31(38(14,15)16)24-29(26)36(8,9)10/h20-21,23-25H,22H2,1-19H3. The second kappa shape index (κ2) is 10.4. The van der Waals surface area contributed by atoms with E-state index in [-0.39, 0.29) is 32.5 Å². The summed E-state index contributed by atoms with van der Waals surface area (Å²) < 4.78 is 0. The van der Waals surface area contributed by atoms with E-state index in [1.165, 1.54) is 33.4 Å². The Bertz CT molecular complexity index is 1160. The Morgan fingerprint density at radius 1 is 0.436 bits per heavy atom. The third-order valence-electron chi connectivity index (χ3n) is 8.30. The van der Waals surface area contributed by atoms with E-state index in [1.807, 2.05) is 0 Å². The Balaban J connectivity index is 2.99. The van der Waals surface area contributed by atoms with Crippen molar-refractivity contribution in [2.75, 3.05) is 0 Å². The summed E-state index contributed by atoms with van der Waals surface area (Å²) in [4.78, 5) is 0. The van der Waals surface area contributed by atoms with Gasteiger partial charge in [0.05, 0.1) is 0 Å². The SMILES string of the molecule is CC(Cc1cc(C(C)(C)C)c(C(C)(C)C)cc1C(C)(C)C)c1c(C(C)(C)C)ccc(C(C)(C)C)c1C(C)(C)C. The zero-order valence-corrected chi connectivity index (χ0v) is 29.6. The number of rotatable bonds is 3. The second-order valence-corrected chi connectivity index (χ2v) is 18.6. The Hall–Kier alpha value is -1.56.